The Morgan fingerprint density at radius 3 is 2.35 bits per heavy atom. The smallest absolute Gasteiger partial charge is 0.260 e. The van der Waals surface area contributed by atoms with Gasteiger partial charge in [-0.05, 0) is 55.8 Å². The third-order valence-electron chi connectivity index (χ3n) is 4.68. The first-order chi connectivity index (χ1) is 15.0. The third-order valence-corrected chi connectivity index (χ3v) is 5.18. The zero-order chi connectivity index (χ0) is 22.2. The minimum atomic E-state index is -0.338. The largest absolute Gasteiger partial charge is 0.493 e. The SMILES string of the molecule is CCCOc1ccc(Br)cc1C(=O)Nc1ccccc1C(=O)N(CC)c1ccccc1. The van der Waals surface area contributed by atoms with E-state index in [4.69, 9.17) is 4.74 Å². The van der Waals surface area contributed by atoms with E-state index in [0.717, 1.165) is 16.6 Å². The summed E-state index contributed by atoms with van der Waals surface area (Å²) in [6.07, 6.45) is 0.834. The number of para-hydroxylation sites is 2. The van der Waals surface area contributed by atoms with E-state index in [9.17, 15) is 9.59 Å². The first-order valence-corrected chi connectivity index (χ1v) is 11.0. The highest BCUT2D eigenvalue weighted by atomic mass is 79.9. The molecule has 3 aromatic carbocycles. The second kappa shape index (κ2) is 10.8. The molecule has 6 heteroatoms. The van der Waals surface area contributed by atoms with Crippen LogP contribution in [0.5, 0.6) is 5.75 Å². The minimum absolute atomic E-state index is 0.179. The average Bonchev–Trinajstić information content (AvgIpc) is 2.79. The Kier molecular flexibility index (Phi) is 7.84. The van der Waals surface area contributed by atoms with E-state index in [2.05, 4.69) is 21.2 Å². The highest BCUT2D eigenvalue weighted by molar-refractivity contribution is 9.10. The van der Waals surface area contributed by atoms with Crippen LogP contribution in [-0.4, -0.2) is 25.0 Å². The van der Waals surface area contributed by atoms with Gasteiger partial charge in [-0.2, -0.15) is 0 Å². The number of hydrogen-bond donors (Lipinski definition) is 1. The number of ether oxygens (including phenoxy) is 1. The van der Waals surface area contributed by atoms with Crippen LogP contribution in [0.2, 0.25) is 0 Å². The molecule has 0 aliphatic carbocycles. The zero-order valence-electron chi connectivity index (χ0n) is 17.6. The normalized spacial score (nSPS) is 10.4. The van der Waals surface area contributed by atoms with Gasteiger partial charge in [0.2, 0.25) is 0 Å². The van der Waals surface area contributed by atoms with Crippen LogP contribution in [0.4, 0.5) is 11.4 Å². The quantitative estimate of drug-likeness (QED) is 0.420. The Labute approximate surface area is 191 Å². The van der Waals surface area contributed by atoms with Gasteiger partial charge < -0.3 is 15.0 Å². The Morgan fingerprint density at radius 1 is 0.935 bits per heavy atom. The second-order valence-electron chi connectivity index (χ2n) is 6.87. The molecule has 1 N–H and O–H groups in total. The molecule has 0 heterocycles. The van der Waals surface area contributed by atoms with Crippen molar-refractivity contribution in [2.45, 2.75) is 20.3 Å². The van der Waals surface area contributed by atoms with Gasteiger partial charge in [-0.15, -0.1) is 0 Å². The molecule has 5 nitrogen and oxygen atoms in total. The van der Waals surface area contributed by atoms with Crippen molar-refractivity contribution in [3.05, 3.63) is 88.4 Å². The van der Waals surface area contributed by atoms with Crippen molar-refractivity contribution in [3.63, 3.8) is 0 Å². The van der Waals surface area contributed by atoms with Crippen LogP contribution in [0.25, 0.3) is 0 Å². The topological polar surface area (TPSA) is 58.6 Å². The molecule has 0 radical (unpaired) electrons. The van der Waals surface area contributed by atoms with Crippen molar-refractivity contribution < 1.29 is 14.3 Å². The number of hydrogen-bond acceptors (Lipinski definition) is 3. The van der Waals surface area contributed by atoms with Crippen molar-refractivity contribution in [1.29, 1.82) is 0 Å². The van der Waals surface area contributed by atoms with E-state index in [0.29, 0.717) is 35.7 Å². The maximum atomic E-state index is 13.3. The summed E-state index contributed by atoms with van der Waals surface area (Å²) >= 11 is 3.41. The summed E-state index contributed by atoms with van der Waals surface area (Å²) in [7, 11) is 0. The number of halogens is 1. The first kappa shape index (κ1) is 22.6. The molecule has 3 aromatic rings. The fourth-order valence-corrected chi connectivity index (χ4v) is 3.54. The number of benzene rings is 3. The van der Waals surface area contributed by atoms with Gasteiger partial charge in [0.25, 0.3) is 11.8 Å². The Morgan fingerprint density at radius 2 is 1.65 bits per heavy atom. The third kappa shape index (κ3) is 5.52. The molecule has 0 saturated heterocycles. The molecule has 0 aliphatic rings. The molecular formula is C25H25BrN2O3. The lowest BCUT2D eigenvalue weighted by Crippen LogP contribution is -2.31. The lowest BCUT2D eigenvalue weighted by atomic mass is 10.1. The van der Waals surface area contributed by atoms with Gasteiger partial charge in [0.1, 0.15) is 5.75 Å². The number of nitrogens with one attached hydrogen (secondary N) is 1. The fourth-order valence-electron chi connectivity index (χ4n) is 3.18. The molecule has 0 aromatic heterocycles. The van der Waals surface area contributed by atoms with E-state index in [1.54, 1.807) is 41.3 Å². The van der Waals surface area contributed by atoms with Gasteiger partial charge in [-0.1, -0.05) is 53.2 Å². The predicted molar refractivity (Wildman–Crippen MR) is 128 cm³/mol. The number of carbonyl (C=O) groups is 2. The van der Waals surface area contributed by atoms with Gasteiger partial charge in [0.15, 0.2) is 0 Å². The molecule has 31 heavy (non-hydrogen) atoms. The highest BCUT2D eigenvalue weighted by Gasteiger charge is 2.21. The van der Waals surface area contributed by atoms with Crippen LogP contribution in [0.1, 0.15) is 41.0 Å². The summed E-state index contributed by atoms with van der Waals surface area (Å²) in [6, 6.07) is 21.8. The van der Waals surface area contributed by atoms with Gasteiger partial charge >= 0.3 is 0 Å². The fraction of sp³-hybridized carbons (Fsp3) is 0.200. The Bertz CT molecular complexity index is 1050. The van der Waals surface area contributed by atoms with Gasteiger partial charge in [0, 0.05) is 16.7 Å². The van der Waals surface area contributed by atoms with Crippen molar-refractivity contribution >= 4 is 39.1 Å². The summed E-state index contributed by atoms with van der Waals surface area (Å²) in [6.45, 7) is 4.95. The summed E-state index contributed by atoms with van der Waals surface area (Å²) < 4.78 is 6.50. The molecule has 0 bridgehead atoms. The lowest BCUT2D eigenvalue weighted by Gasteiger charge is -2.22. The Hall–Kier alpha value is -3.12. The molecular weight excluding hydrogens is 456 g/mol. The van der Waals surface area contributed by atoms with Gasteiger partial charge in [-0.3, -0.25) is 9.59 Å². The van der Waals surface area contributed by atoms with Crippen LogP contribution >= 0.6 is 15.9 Å². The van der Waals surface area contributed by atoms with Crippen molar-refractivity contribution in [2.24, 2.45) is 0 Å². The van der Waals surface area contributed by atoms with E-state index in [-0.39, 0.29) is 11.8 Å². The molecule has 3 rings (SSSR count). The molecule has 2 amide bonds. The number of rotatable bonds is 8. The van der Waals surface area contributed by atoms with Crippen molar-refractivity contribution in [2.75, 3.05) is 23.4 Å². The van der Waals surface area contributed by atoms with Crippen molar-refractivity contribution in [1.82, 2.24) is 0 Å². The predicted octanol–water partition coefficient (Wildman–Crippen LogP) is 6.16. The first-order valence-electron chi connectivity index (χ1n) is 10.2. The molecule has 0 atom stereocenters. The minimum Gasteiger partial charge on any atom is -0.493 e. The van der Waals surface area contributed by atoms with Crippen LogP contribution in [0, 0.1) is 0 Å². The van der Waals surface area contributed by atoms with E-state index in [1.165, 1.54) is 0 Å². The van der Waals surface area contributed by atoms with E-state index < -0.39 is 0 Å². The zero-order valence-corrected chi connectivity index (χ0v) is 19.2. The lowest BCUT2D eigenvalue weighted by molar-refractivity contribution is 0.0989. The summed E-state index contributed by atoms with van der Waals surface area (Å²) in [5, 5.41) is 2.89. The standard InChI is InChI=1S/C25H25BrN2O3/c1-3-16-31-23-15-14-18(26)17-21(23)24(29)27-22-13-9-8-12-20(22)25(30)28(4-2)19-10-6-5-7-11-19/h5-15,17H,3-4,16H2,1-2H3,(H,27,29). The molecule has 0 aliphatic heterocycles. The maximum absolute atomic E-state index is 13.3. The highest BCUT2D eigenvalue weighted by Crippen LogP contribution is 2.26. The van der Waals surface area contributed by atoms with E-state index >= 15 is 0 Å². The number of nitrogens with zero attached hydrogens (tertiary/aromatic N) is 1. The van der Waals surface area contributed by atoms with Crippen LogP contribution in [0.3, 0.4) is 0 Å². The monoisotopic (exact) mass is 480 g/mol. The summed E-state index contributed by atoms with van der Waals surface area (Å²) in [5.74, 6) is -0.0115. The molecule has 160 valence electrons. The number of amides is 2. The van der Waals surface area contributed by atoms with Gasteiger partial charge in [-0.25, -0.2) is 0 Å². The van der Waals surface area contributed by atoms with Gasteiger partial charge in [0.05, 0.1) is 23.4 Å². The molecule has 0 fully saturated rings. The maximum Gasteiger partial charge on any atom is 0.260 e. The molecule has 0 spiro atoms. The Balaban J connectivity index is 1.90. The van der Waals surface area contributed by atoms with E-state index in [1.807, 2.05) is 50.2 Å². The number of carbonyl (C=O) groups excluding carboxylic acids is 2. The van der Waals surface area contributed by atoms with Crippen LogP contribution < -0.4 is 15.0 Å². The summed E-state index contributed by atoms with van der Waals surface area (Å²) in [4.78, 5) is 28.1. The van der Waals surface area contributed by atoms with Crippen molar-refractivity contribution in [3.8, 4) is 5.75 Å². The van der Waals surface area contributed by atoms with Crippen LogP contribution in [-0.2, 0) is 0 Å². The second-order valence-corrected chi connectivity index (χ2v) is 7.79. The molecule has 0 saturated carbocycles. The summed E-state index contributed by atoms with van der Waals surface area (Å²) in [5.41, 5.74) is 2.08. The molecule has 0 unspecified atom stereocenters. The van der Waals surface area contributed by atoms with Crippen LogP contribution in [0.15, 0.2) is 77.3 Å². The average molecular weight is 481 g/mol. The number of anilines is 2.